The highest BCUT2D eigenvalue weighted by atomic mass is 19.3. The van der Waals surface area contributed by atoms with Gasteiger partial charge in [0.15, 0.2) is 6.10 Å². The number of benzene rings is 2. The summed E-state index contributed by atoms with van der Waals surface area (Å²) in [5, 5.41) is 22.8. The van der Waals surface area contributed by atoms with E-state index in [1.807, 2.05) is 6.07 Å². The third kappa shape index (κ3) is 3.81. The summed E-state index contributed by atoms with van der Waals surface area (Å²) in [5.41, 5.74) is -0.822. The van der Waals surface area contributed by atoms with Crippen molar-refractivity contribution in [3.63, 3.8) is 0 Å². The van der Waals surface area contributed by atoms with Crippen molar-refractivity contribution >= 4 is 22.5 Å². The molecule has 32 heavy (non-hydrogen) atoms. The van der Waals surface area contributed by atoms with Crippen LogP contribution in [0, 0.1) is 0 Å². The molecule has 1 aromatic heterocycles. The van der Waals surface area contributed by atoms with E-state index in [1.165, 1.54) is 0 Å². The number of ether oxygens (including phenoxy) is 2. The summed E-state index contributed by atoms with van der Waals surface area (Å²) < 4.78 is 39.1. The second-order valence-electron chi connectivity index (χ2n) is 7.21. The Labute approximate surface area is 179 Å². The van der Waals surface area contributed by atoms with E-state index in [2.05, 4.69) is 10.3 Å². The van der Waals surface area contributed by atoms with Crippen molar-refractivity contribution in [1.29, 1.82) is 0 Å². The largest absolute Gasteiger partial charge is 0.497 e. The minimum atomic E-state index is -3.82. The maximum Gasteiger partial charge on any atom is 0.351 e. The fourth-order valence-electron chi connectivity index (χ4n) is 3.46. The molecule has 0 radical (unpaired) electrons. The number of aliphatic hydroxyl groups is 2. The first-order valence-electron chi connectivity index (χ1n) is 9.55. The van der Waals surface area contributed by atoms with Crippen molar-refractivity contribution in [2.24, 2.45) is 0 Å². The van der Waals surface area contributed by atoms with Gasteiger partial charge in [-0.25, -0.2) is 4.79 Å². The summed E-state index contributed by atoms with van der Waals surface area (Å²) in [5.74, 6) is -3.84. The molecule has 3 N–H and O–H groups in total. The van der Waals surface area contributed by atoms with Gasteiger partial charge in [0, 0.05) is 11.8 Å². The van der Waals surface area contributed by atoms with Crippen molar-refractivity contribution in [3.8, 4) is 5.75 Å². The van der Waals surface area contributed by atoms with E-state index in [-0.39, 0.29) is 5.82 Å². The predicted octanol–water partition coefficient (Wildman–Crippen LogP) is 1.54. The lowest BCUT2D eigenvalue weighted by molar-refractivity contribution is -0.140. The zero-order valence-electron chi connectivity index (χ0n) is 16.7. The smallest absolute Gasteiger partial charge is 0.351 e. The molecule has 1 saturated heterocycles. The van der Waals surface area contributed by atoms with Gasteiger partial charge in [0.2, 0.25) is 6.23 Å². The number of methoxy groups -OCH3 is 1. The lowest BCUT2D eigenvalue weighted by Crippen LogP contribution is -2.41. The number of amides is 1. The Morgan fingerprint density at radius 3 is 2.62 bits per heavy atom. The highest BCUT2D eigenvalue weighted by Crippen LogP contribution is 2.42. The molecule has 3 atom stereocenters. The number of nitrogens with zero attached hydrogens (tertiary/aromatic N) is 2. The Bertz CT molecular complexity index is 1230. The Kier molecular flexibility index (Phi) is 5.63. The standard InChI is InChI=1S/C21H19F2N3O6/c1-31-14-5-4-11-8-13(3-2-12(11)9-14)18(29)24-16-6-7-26(20(30)25-16)19-21(22,23)17(28)15(10-27)32-19/h2-9,15,17,19,27-28H,10H2,1H3,(H,24,25,29,30)/t15-,17-,19?/m1/s1. The normalized spacial score (nSPS) is 22.1. The molecule has 1 amide bonds. The third-order valence-corrected chi connectivity index (χ3v) is 5.19. The number of carbonyl (C=O) groups excluding carboxylic acids is 1. The fourth-order valence-corrected chi connectivity index (χ4v) is 3.46. The minimum Gasteiger partial charge on any atom is -0.497 e. The maximum atomic E-state index is 14.3. The monoisotopic (exact) mass is 447 g/mol. The van der Waals surface area contributed by atoms with Gasteiger partial charge in [0.1, 0.15) is 17.7 Å². The summed E-state index contributed by atoms with van der Waals surface area (Å²) in [6.07, 6.45) is -4.99. The quantitative estimate of drug-likeness (QED) is 0.542. The summed E-state index contributed by atoms with van der Waals surface area (Å²) in [7, 11) is 1.55. The molecule has 0 aliphatic carbocycles. The second kappa shape index (κ2) is 8.26. The highest BCUT2D eigenvalue weighted by Gasteiger charge is 2.59. The summed E-state index contributed by atoms with van der Waals surface area (Å²) in [6.45, 7) is -0.845. The number of alkyl halides is 2. The molecular formula is C21H19F2N3O6. The topological polar surface area (TPSA) is 123 Å². The van der Waals surface area contributed by atoms with Crippen LogP contribution in [-0.2, 0) is 4.74 Å². The van der Waals surface area contributed by atoms with Crippen LogP contribution >= 0.6 is 0 Å². The van der Waals surface area contributed by atoms with Crippen molar-refractivity contribution in [2.75, 3.05) is 19.0 Å². The Morgan fingerprint density at radius 2 is 1.97 bits per heavy atom. The van der Waals surface area contributed by atoms with Gasteiger partial charge in [0.25, 0.3) is 5.91 Å². The van der Waals surface area contributed by atoms with Crippen LogP contribution in [0.15, 0.2) is 53.5 Å². The Balaban J connectivity index is 1.54. The molecule has 4 rings (SSSR count). The van der Waals surface area contributed by atoms with Crippen molar-refractivity contribution in [2.45, 2.75) is 24.4 Å². The van der Waals surface area contributed by atoms with Crippen molar-refractivity contribution in [3.05, 3.63) is 64.7 Å². The number of rotatable bonds is 5. The van der Waals surface area contributed by atoms with E-state index in [0.717, 1.165) is 23.0 Å². The molecule has 168 valence electrons. The molecule has 0 bridgehead atoms. The third-order valence-electron chi connectivity index (χ3n) is 5.19. The molecule has 2 heterocycles. The molecule has 0 spiro atoms. The summed E-state index contributed by atoms with van der Waals surface area (Å²) in [4.78, 5) is 28.5. The van der Waals surface area contributed by atoms with Crippen LogP contribution in [0.3, 0.4) is 0 Å². The summed E-state index contributed by atoms with van der Waals surface area (Å²) in [6, 6.07) is 11.5. The fraction of sp³-hybridized carbons (Fsp3) is 0.286. The number of aliphatic hydroxyl groups excluding tert-OH is 2. The molecule has 3 aromatic rings. The van der Waals surface area contributed by atoms with E-state index in [1.54, 1.807) is 37.4 Å². The average molecular weight is 447 g/mol. The van der Waals surface area contributed by atoms with E-state index in [0.29, 0.717) is 15.9 Å². The number of hydrogen-bond donors (Lipinski definition) is 3. The first-order chi connectivity index (χ1) is 15.2. The van der Waals surface area contributed by atoms with E-state index < -0.39 is 42.6 Å². The lowest BCUT2D eigenvalue weighted by atomic mass is 10.1. The Hall–Kier alpha value is -3.41. The molecule has 0 saturated carbocycles. The van der Waals surface area contributed by atoms with Crippen molar-refractivity contribution < 1.29 is 33.3 Å². The van der Waals surface area contributed by atoms with Gasteiger partial charge >= 0.3 is 11.6 Å². The van der Waals surface area contributed by atoms with Crippen LogP contribution < -0.4 is 15.7 Å². The molecule has 11 heteroatoms. The van der Waals surface area contributed by atoms with Gasteiger partial charge in [-0.1, -0.05) is 12.1 Å². The average Bonchev–Trinajstić information content (AvgIpc) is 3.01. The van der Waals surface area contributed by atoms with Gasteiger partial charge in [-0.05, 0) is 41.1 Å². The van der Waals surface area contributed by atoms with E-state index in [9.17, 15) is 23.5 Å². The SMILES string of the molecule is COc1ccc2cc(C(=O)Nc3ccn(C4O[C@H](CO)[C@@H](O)C4(F)F)c(=O)n3)ccc2c1. The molecule has 1 aliphatic heterocycles. The number of hydrogen-bond acceptors (Lipinski definition) is 7. The van der Waals surface area contributed by atoms with Crippen LogP contribution in [0.5, 0.6) is 5.75 Å². The molecular weight excluding hydrogens is 428 g/mol. The molecule has 1 aliphatic rings. The lowest BCUT2D eigenvalue weighted by Gasteiger charge is -2.21. The van der Waals surface area contributed by atoms with Gasteiger partial charge in [-0.3, -0.25) is 9.36 Å². The van der Waals surface area contributed by atoms with Crippen LogP contribution in [-0.4, -0.2) is 57.5 Å². The maximum absolute atomic E-state index is 14.3. The van der Waals surface area contributed by atoms with Gasteiger partial charge in [-0.15, -0.1) is 0 Å². The molecule has 2 aromatic carbocycles. The number of aromatic nitrogens is 2. The van der Waals surface area contributed by atoms with Gasteiger partial charge in [-0.2, -0.15) is 13.8 Å². The molecule has 1 unspecified atom stereocenters. The van der Waals surface area contributed by atoms with Crippen LogP contribution in [0.25, 0.3) is 10.8 Å². The number of carbonyl (C=O) groups is 1. The molecule has 9 nitrogen and oxygen atoms in total. The number of nitrogens with one attached hydrogen (secondary N) is 1. The molecule has 1 fully saturated rings. The number of halogens is 2. The zero-order chi connectivity index (χ0) is 23.0. The van der Waals surface area contributed by atoms with Gasteiger partial charge < -0.3 is 25.0 Å². The van der Waals surface area contributed by atoms with Crippen LogP contribution in [0.1, 0.15) is 16.6 Å². The second-order valence-corrected chi connectivity index (χ2v) is 7.21. The zero-order valence-corrected chi connectivity index (χ0v) is 16.7. The van der Waals surface area contributed by atoms with E-state index >= 15 is 0 Å². The van der Waals surface area contributed by atoms with Crippen molar-refractivity contribution in [1.82, 2.24) is 9.55 Å². The first-order valence-corrected chi connectivity index (χ1v) is 9.55. The van der Waals surface area contributed by atoms with Crippen LogP contribution in [0.2, 0.25) is 0 Å². The first kappa shape index (κ1) is 21.8. The van der Waals surface area contributed by atoms with E-state index in [4.69, 9.17) is 14.6 Å². The Morgan fingerprint density at radius 1 is 1.25 bits per heavy atom. The van der Waals surface area contributed by atoms with Crippen LogP contribution in [0.4, 0.5) is 14.6 Å². The summed E-state index contributed by atoms with van der Waals surface area (Å²) >= 11 is 0. The predicted molar refractivity (Wildman–Crippen MR) is 109 cm³/mol. The number of anilines is 1. The highest BCUT2D eigenvalue weighted by molar-refractivity contribution is 6.06. The van der Waals surface area contributed by atoms with Gasteiger partial charge in [0.05, 0.1) is 13.7 Å². The minimum absolute atomic E-state index is 0.147. The number of fused-ring (bicyclic) bond motifs is 1.